The molecule has 0 aromatic carbocycles. The molecule has 3 fully saturated rings. The Bertz CT molecular complexity index is 485. The molecule has 0 spiro atoms. The summed E-state index contributed by atoms with van der Waals surface area (Å²) in [5.74, 6) is 1.17. The van der Waals surface area contributed by atoms with Gasteiger partial charge in [-0.25, -0.2) is 0 Å². The molecule has 3 rings (SSSR count). The number of nitrogens with one attached hydrogen (secondary N) is 3. The van der Waals surface area contributed by atoms with E-state index in [4.69, 9.17) is 0 Å². The van der Waals surface area contributed by atoms with E-state index in [1.54, 1.807) is 0 Å². The van der Waals surface area contributed by atoms with Crippen LogP contribution in [-0.4, -0.2) is 62.0 Å². The van der Waals surface area contributed by atoms with Gasteiger partial charge in [-0.1, -0.05) is 19.3 Å². The van der Waals surface area contributed by atoms with E-state index in [0.717, 1.165) is 71.4 Å². The number of nitrogens with zero attached hydrogens (tertiary/aromatic N) is 1. The van der Waals surface area contributed by atoms with Gasteiger partial charge in [-0.05, 0) is 57.4 Å². The summed E-state index contributed by atoms with van der Waals surface area (Å²) in [5.41, 5.74) is 0. The van der Waals surface area contributed by atoms with Gasteiger partial charge in [0.2, 0.25) is 11.8 Å². The van der Waals surface area contributed by atoms with Crippen molar-refractivity contribution >= 4 is 24.2 Å². The van der Waals surface area contributed by atoms with Crippen molar-refractivity contribution in [3.8, 4) is 0 Å². The lowest BCUT2D eigenvalue weighted by atomic mass is 9.84. The standard InChI is InChI=1S/C22H40N4O2.ClH/c27-21(17-18-5-2-1-3-6-18)25-20-9-7-19(8-10-20)22(28)24-11-4-14-26-15-12-23-13-16-26;/h18-20,23H,1-17H2,(H,24,28)(H,25,27);1H. The highest BCUT2D eigenvalue weighted by Crippen LogP contribution is 2.27. The van der Waals surface area contributed by atoms with E-state index in [9.17, 15) is 9.59 Å². The van der Waals surface area contributed by atoms with E-state index in [0.29, 0.717) is 12.3 Å². The molecule has 1 saturated heterocycles. The number of amides is 2. The van der Waals surface area contributed by atoms with Gasteiger partial charge in [0.05, 0.1) is 0 Å². The van der Waals surface area contributed by atoms with Crippen molar-refractivity contribution in [2.75, 3.05) is 39.3 Å². The fraction of sp³-hybridized carbons (Fsp3) is 0.909. The van der Waals surface area contributed by atoms with Gasteiger partial charge >= 0.3 is 0 Å². The average Bonchev–Trinajstić information content (AvgIpc) is 2.73. The molecular formula is C22H41ClN4O2. The van der Waals surface area contributed by atoms with E-state index in [2.05, 4.69) is 20.9 Å². The highest BCUT2D eigenvalue weighted by molar-refractivity contribution is 5.85. The minimum atomic E-state index is 0. The molecule has 0 atom stereocenters. The minimum absolute atomic E-state index is 0. The lowest BCUT2D eigenvalue weighted by Gasteiger charge is -2.29. The van der Waals surface area contributed by atoms with Crippen LogP contribution in [0.1, 0.15) is 70.6 Å². The van der Waals surface area contributed by atoms with Crippen LogP contribution in [0, 0.1) is 11.8 Å². The Morgan fingerprint density at radius 3 is 2.31 bits per heavy atom. The lowest BCUT2D eigenvalue weighted by molar-refractivity contribution is -0.126. The van der Waals surface area contributed by atoms with Gasteiger partial charge in [-0.3, -0.25) is 9.59 Å². The topological polar surface area (TPSA) is 73.5 Å². The van der Waals surface area contributed by atoms with Crippen molar-refractivity contribution in [1.82, 2.24) is 20.9 Å². The Labute approximate surface area is 182 Å². The molecule has 6 nitrogen and oxygen atoms in total. The van der Waals surface area contributed by atoms with Gasteiger partial charge in [-0.15, -0.1) is 12.4 Å². The Balaban J connectivity index is 0.00000300. The molecule has 0 radical (unpaired) electrons. The van der Waals surface area contributed by atoms with Crippen LogP contribution in [0.3, 0.4) is 0 Å². The van der Waals surface area contributed by atoms with Crippen molar-refractivity contribution in [3.63, 3.8) is 0 Å². The van der Waals surface area contributed by atoms with Gasteiger partial charge in [-0.2, -0.15) is 0 Å². The second-order valence-electron chi connectivity index (χ2n) is 9.06. The van der Waals surface area contributed by atoms with Crippen LogP contribution in [0.25, 0.3) is 0 Å². The number of carbonyl (C=O) groups is 2. The first-order valence-corrected chi connectivity index (χ1v) is 11.7. The first kappa shape index (κ1) is 24.4. The Morgan fingerprint density at radius 2 is 1.62 bits per heavy atom. The summed E-state index contributed by atoms with van der Waals surface area (Å²) >= 11 is 0. The van der Waals surface area contributed by atoms with Crippen LogP contribution in [0.5, 0.6) is 0 Å². The zero-order chi connectivity index (χ0) is 19.6. The largest absolute Gasteiger partial charge is 0.356 e. The van der Waals surface area contributed by atoms with E-state index in [1.165, 1.54) is 32.1 Å². The molecule has 0 aromatic heterocycles. The Morgan fingerprint density at radius 1 is 0.931 bits per heavy atom. The first-order valence-electron chi connectivity index (χ1n) is 11.7. The lowest BCUT2D eigenvalue weighted by Crippen LogP contribution is -2.44. The molecule has 1 aliphatic heterocycles. The van der Waals surface area contributed by atoms with Crippen molar-refractivity contribution in [1.29, 1.82) is 0 Å². The average molecular weight is 429 g/mol. The number of piperazine rings is 1. The summed E-state index contributed by atoms with van der Waals surface area (Å²) in [6, 6.07) is 0.271. The molecule has 0 unspecified atom stereocenters. The maximum absolute atomic E-state index is 12.4. The van der Waals surface area contributed by atoms with Crippen LogP contribution in [0.4, 0.5) is 0 Å². The van der Waals surface area contributed by atoms with Crippen LogP contribution in [-0.2, 0) is 9.59 Å². The Hall–Kier alpha value is -0.850. The zero-order valence-corrected chi connectivity index (χ0v) is 18.7. The maximum Gasteiger partial charge on any atom is 0.223 e. The maximum atomic E-state index is 12.4. The van der Waals surface area contributed by atoms with Gasteiger partial charge in [0, 0.05) is 51.1 Å². The van der Waals surface area contributed by atoms with E-state index >= 15 is 0 Å². The van der Waals surface area contributed by atoms with E-state index in [-0.39, 0.29) is 36.2 Å². The molecule has 2 aliphatic carbocycles. The quantitative estimate of drug-likeness (QED) is 0.519. The predicted molar refractivity (Wildman–Crippen MR) is 119 cm³/mol. The highest BCUT2D eigenvalue weighted by atomic mass is 35.5. The highest BCUT2D eigenvalue weighted by Gasteiger charge is 2.27. The summed E-state index contributed by atoms with van der Waals surface area (Å²) in [6.45, 7) is 6.23. The first-order chi connectivity index (χ1) is 13.7. The van der Waals surface area contributed by atoms with E-state index < -0.39 is 0 Å². The molecule has 3 N–H and O–H groups in total. The van der Waals surface area contributed by atoms with Crippen LogP contribution < -0.4 is 16.0 Å². The molecule has 3 aliphatic rings. The fourth-order valence-electron chi connectivity index (χ4n) is 5.03. The number of rotatable bonds is 8. The van der Waals surface area contributed by atoms with Crippen molar-refractivity contribution in [2.24, 2.45) is 11.8 Å². The third-order valence-corrected chi connectivity index (χ3v) is 6.82. The molecule has 1 heterocycles. The molecule has 29 heavy (non-hydrogen) atoms. The van der Waals surface area contributed by atoms with Crippen molar-refractivity contribution in [2.45, 2.75) is 76.7 Å². The normalized spacial score (nSPS) is 26.3. The third kappa shape index (κ3) is 8.81. The minimum Gasteiger partial charge on any atom is -0.356 e. The molecule has 2 amide bonds. The predicted octanol–water partition coefficient (Wildman–Crippen LogP) is 2.47. The molecular weight excluding hydrogens is 388 g/mol. The fourth-order valence-corrected chi connectivity index (χ4v) is 5.03. The molecule has 0 aromatic rings. The van der Waals surface area contributed by atoms with Gasteiger partial charge in [0.25, 0.3) is 0 Å². The van der Waals surface area contributed by atoms with E-state index in [1.807, 2.05) is 0 Å². The molecule has 0 bridgehead atoms. The van der Waals surface area contributed by atoms with Crippen LogP contribution in [0.2, 0.25) is 0 Å². The smallest absolute Gasteiger partial charge is 0.223 e. The number of hydrogen-bond acceptors (Lipinski definition) is 4. The van der Waals surface area contributed by atoms with Gasteiger partial charge in [0.1, 0.15) is 0 Å². The van der Waals surface area contributed by atoms with Gasteiger partial charge in [0.15, 0.2) is 0 Å². The van der Waals surface area contributed by atoms with Crippen LogP contribution in [0.15, 0.2) is 0 Å². The molecule has 7 heteroatoms. The van der Waals surface area contributed by atoms with Crippen molar-refractivity contribution in [3.05, 3.63) is 0 Å². The summed E-state index contributed by atoms with van der Waals surface area (Å²) in [7, 11) is 0. The third-order valence-electron chi connectivity index (χ3n) is 6.82. The number of carbonyl (C=O) groups excluding carboxylic acids is 2. The monoisotopic (exact) mass is 428 g/mol. The summed E-state index contributed by atoms with van der Waals surface area (Å²) in [6.07, 6.45) is 11.7. The second-order valence-corrected chi connectivity index (χ2v) is 9.06. The van der Waals surface area contributed by atoms with Gasteiger partial charge < -0.3 is 20.9 Å². The van der Waals surface area contributed by atoms with Crippen molar-refractivity contribution < 1.29 is 9.59 Å². The SMILES string of the molecule is Cl.O=C(CC1CCCCC1)NC1CCC(C(=O)NCCCN2CCNCC2)CC1. The van der Waals surface area contributed by atoms with Crippen LogP contribution >= 0.6 is 12.4 Å². The zero-order valence-electron chi connectivity index (χ0n) is 17.9. The molecule has 168 valence electrons. The summed E-state index contributed by atoms with van der Waals surface area (Å²) < 4.78 is 0. The number of hydrogen-bond donors (Lipinski definition) is 3. The second kappa shape index (κ2) is 13.5. The summed E-state index contributed by atoms with van der Waals surface area (Å²) in [4.78, 5) is 27.2. The molecule has 2 saturated carbocycles. The Kier molecular flexibility index (Phi) is 11.3. The summed E-state index contributed by atoms with van der Waals surface area (Å²) in [5, 5.41) is 9.73. The number of halogens is 1.